The van der Waals surface area contributed by atoms with Crippen LogP contribution < -0.4 is 5.32 Å². The van der Waals surface area contributed by atoms with Gasteiger partial charge in [0.2, 0.25) is 5.24 Å². The molecule has 0 spiro atoms. The summed E-state index contributed by atoms with van der Waals surface area (Å²) in [6.45, 7) is 6.69. The van der Waals surface area contributed by atoms with Crippen molar-refractivity contribution in [3.05, 3.63) is 0 Å². The second-order valence-electron chi connectivity index (χ2n) is 3.67. The lowest BCUT2D eigenvalue weighted by molar-refractivity contribution is -0.113. The quantitative estimate of drug-likeness (QED) is 0.701. The number of rotatable bonds is 2. The van der Waals surface area contributed by atoms with Crippen molar-refractivity contribution in [3.63, 3.8) is 0 Å². The van der Waals surface area contributed by atoms with Crippen LogP contribution in [0.1, 0.15) is 27.7 Å². The third kappa shape index (κ3) is 6.40. The van der Waals surface area contributed by atoms with Crippen molar-refractivity contribution in [3.8, 4) is 0 Å². The van der Waals surface area contributed by atoms with Crippen LogP contribution in [0.4, 0.5) is 4.79 Å². The van der Waals surface area contributed by atoms with E-state index in [0.717, 1.165) is 0 Å². The first-order valence-corrected chi connectivity index (χ1v) is 4.29. The largest absolute Gasteiger partial charge is 0.444 e. The van der Waals surface area contributed by atoms with Gasteiger partial charge in [0.1, 0.15) is 11.6 Å². The van der Waals surface area contributed by atoms with Crippen LogP contribution in [0.2, 0.25) is 0 Å². The average Bonchev–Trinajstić information content (AvgIpc) is 1.81. The van der Waals surface area contributed by atoms with Crippen LogP contribution in [-0.2, 0) is 9.53 Å². The zero-order chi connectivity index (χ0) is 10.6. The van der Waals surface area contributed by atoms with E-state index < -0.39 is 23.0 Å². The Balaban J connectivity index is 3.96. The molecule has 0 aliphatic heterocycles. The number of amides is 1. The number of nitrogens with one attached hydrogen (secondary N) is 1. The predicted molar refractivity (Wildman–Crippen MR) is 49.7 cm³/mol. The molecule has 1 atom stereocenters. The first-order chi connectivity index (χ1) is 5.72. The van der Waals surface area contributed by atoms with Gasteiger partial charge in [-0.25, -0.2) is 4.79 Å². The van der Waals surface area contributed by atoms with Crippen molar-refractivity contribution in [1.29, 1.82) is 0 Å². The van der Waals surface area contributed by atoms with Crippen LogP contribution in [0.3, 0.4) is 0 Å². The number of carbonyl (C=O) groups excluding carboxylic acids is 2. The highest BCUT2D eigenvalue weighted by atomic mass is 35.5. The van der Waals surface area contributed by atoms with Gasteiger partial charge >= 0.3 is 6.09 Å². The third-order valence-electron chi connectivity index (χ3n) is 1.07. The number of alkyl carbamates (subject to hydrolysis) is 1. The molecule has 1 amide bonds. The van der Waals surface area contributed by atoms with Gasteiger partial charge in [-0.2, -0.15) is 0 Å². The van der Waals surface area contributed by atoms with E-state index in [2.05, 4.69) is 5.32 Å². The molecule has 4 nitrogen and oxygen atoms in total. The second kappa shape index (κ2) is 4.46. The zero-order valence-corrected chi connectivity index (χ0v) is 8.94. The standard InChI is InChI=1S/C8H14ClNO3/c1-5(6(9)11)10-7(12)13-8(2,3)4/h5H,1-4H3,(H,10,12). The van der Waals surface area contributed by atoms with Crippen molar-refractivity contribution in [2.75, 3.05) is 0 Å². The molecular formula is C8H14ClNO3. The SMILES string of the molecule is CC(NC(=O)OC(C)(C)C)C(=O)Cl. The minimum Gasteiger partial charge on any atom is -0.444 e. The molecule has 0 rings (SSSR count). The van der Waals surface area contributed by atoms with Crippen molar-refractivity contribution in [2.45, 2.75) is 39.3 Å². The Labute approximate surface area is 82.6 Å². The van der Waals surface area contributed by atoms with E-state index in [4.69, 9.17) is 16.3 Å². The van der Waals surface area contributed by atoms with Crippen LogP contribution in [0.15, 0.2) is 0 Å². The fraction of sp³-hybridized carbons (Fsp3) is 0.750. The molecule has 5 heteroatoms. The summed E-state index contributed by atoms with van der Waals surface area (Å²) in [5.74, 6) is 0. The van der Waals surface area contributed by atoms with Gasteiger partial charge < -0.3 is 10.1 Å². The number of hydrogen-bond acceptors (Lipinski definition) is 3. The lowest BCUT2D eigenvalue weighted by Crippen LogP contribution is -2.40. The normalized spacial score (nSPS) is 13.3. The molecule has 0 bridgehead atoms. The summed E-state index contributed by atoms with van der Waals surface area (Å²) in [5, 5.41) is 1.67. The van der Waals surface area contributed by atoms with Gasteiger partial charge in [0, 0.05) is 0 Å². The summed E-state index contributed by atoms with van der Waals surface area (Å²) in [5.41, 5.74) is -0.570. The molecule has 0 aromatic rings. The number of hydrogen-bond donors (Lipinski definition) is 1. The lowest BCUT2D eigenvalue weighted by Gasteiger charge is -2.20. The summed E-state index contributed by atoms with van der Waals surface area (Å²) >= 11 is 5.13. The van der Waals surface area contributed by atoms with Crippen molar-refractivity contribution in [2.24, 2.45) is 0 Å². The monoisotopic (exact) mass is 207 g/mol. The van der Waals surface area contributed by atoms with Crippen molar-refractivity contribution in [1.82, 2.24) is 5.32 Å². The topological polar surface area (TPSA) is 55.4 Å². The van der Waals surface area contributed by atoms with Crippen LogP contribution in [0, 0.1) is 0 Å². The molecule has 0 aliphatic rings. The molecule has 0 saturated heterocycles. The average molecular weight is 208 g/mol. The Morgan fingerprint density at radius 3 is 2.15 bits per heavy atom. The Bertz CT molecular complexity index is 210. The van der Waals surface area contributed by atoms with E-state index in [-0.39, 0.29) is 0 Å². The summed E-state index contributed by atoms with van der Waals surface area (Å²) in [4.78, 5) is 21.6. The van der Waals surface area contributed by atoms with Gasteiger partial charge in [-0.05, 0) is 39.3 Å². The zero-order valence-electron chi connectivity index (χ0n) is 8.18. The minimum atomic E-state index is -0.725. The Morgan fingerprint density at radius 1 is 1.38 bits per heavy atom. The summed E-state index contributed by atoms with van der Waals surface area (Å²) in [6, 6.07) is -0.725. The van der Waals surface area contributed by atoms with Gasteiger partial charge in [-0.3, -0.25) is 4.79 Å². The smallest absolute Gasteiger partial charge is 0.408 e. The molecule has 0 aliphatic carbocycles. The molecule has 0 radical (unpaired) electrons. The first-order valence-electron chi connectivity index (χ1n) is 3.91. The summed E-state index contributed by atoms with van der Waals surface area (Å²) in [7, 11) is 0. The molecule has 0 heterocycles. The van der Waals surface area contributed by atoms with Gasteiger partial charge in [-0.1, -0.05) is 0 Å². The lowest BCUT2D eigenvalue weighted by atomic mass is 10.2. The maximum Gasteiger partial charge on any atom is 0.408 e. The van der Waals surface area contributed by atoms with Crippen LogP contribution in [0.25, 0.3) is 0 Å². The van der Waals surface area contributed by atoms with Crippen LogP contribution in [0.5, 0.6) is 0 Å². The Morgan fingerprint density at radius 2 is 1.85 bits per heavy atom. The van der Waals surface area contributed by atoms with E-state index in [1.54, 1.807) is 20.8 Å². The molecule has 0 aromatic carbocycles. The van der Waals surface area contributed by atoms with Gasteiger partial charge in [0.25, 0.3) is 0 Å². The molecule has 0 aromatic heterocycles. The molecule has 1 N–H and O–H groups in total. The number of carbonyl (C=O) groups is 2. The maximum atomic E-state index is 11.0. The van der Waals surface area contributed by atoms with E-state index in [1.165, 1.54) is 6.92 Å². The van der Waals surface area contributed by atoms with Crippen LogP contribution in [-0.4, -0.2) is 23.0 Å². The fourth-order valence-corrected chi connectivity index (χ4v) is 0.596. The van der Waals surface area contributed by atoms with E-state index >= 15 is 0 Å². The highest BCUT2D eigenvalue weighted by Crippen LogP contribution is 2.06. The molecular weight excluding hydrogens is 194 g/mol. The summed E-state index contributed by atoms with van der Waals surface area (Å²) < 4.78 is 4.90. The molecule has 0 saturated carbocycles. The first kappa shape index (κ1) is 12.2. The molecule has 0 fully saturated rings. The van der Waals surface area contributed by atoms with Gasteiger partial charge in [0.05, 0.1) is 0 Å². The van der Waals surface area contributed by atoms with Crippen LogP contribution >= 0.6 is 11.6 Å². The predicted octanol–water partition coefficient (Wildman–Crippen LogP) is 1.67. The number of halogens is 1. The van der Waals surface area contributed by atoms with E-state index in [9.17, 15) is 9.59 Å². The molecule has 1 unspecified atom stereocenters. The maximum absolute atomic E-state index is 11.0. The van der Waals surface area contributed by atoms with Gasteiger partial charge in [0.15, 0.2) is 0 Å². The number of ether oxygens (including phenoxy) is 1. The highest BCUT2D eigenvalue weighted by molar-refractivity contribution is 6.64. The van der Waals surface area contributed by atoms with E-state index in [0.29, 0.717) is 0 Å². The third-order valence-corrected chi connectivity index (χ3v) is 1.40. The molecule has 13 heavy (non-hydrogen) atoms. The minimum absolute atomic E-state index is 0.570. The van der Waals surface area contributed by atoms with Gasteiger partial charge in [-0.15, -0.1) is 0 Å². The van der Waals surface area contributed by atoms with E-state index in [1.807, 2.05) is 0 Å². The summed E-state index contributed by atoms with van der Waals surface area (Å²) in [6.07, 6.45) is -0.644. The molecule has 76 valence electrons. The fourth-order valence-electron chi connectivity index (χ4n) is 0.541. The van der Waals surface area contributed by atoms with Crippen molar-refractivity contribution < 1.29 is 14.3 Å². The second-order valence-corrected chi connectivity index (χ2v) is 4.04. The Hall–Kier alpha value is -0.770. The highest BCUT2D eigenvalue weighted by Gasteiger charge is 2.19. The van der Waals surface area contributed by atoms with Crippen molar-refractivity contribution >= 4 is 22.9 Å². The Kier molecular flexibility index (Phi) is 4.20.